The monoisotopic (exact) mass is 449 g/mol. The average molecular weight is 450 g/mol. The molecule has 8 heteroatoms. The third-order valence-electron chi connectivity index (χ3n) is 6.76. The standard InChI is InChI=1S/C25H31N5O3/c1-2-30-24(31)17-28-21-15-19(29-10-12-32-13-11-29)16-22(25(21)30)33-20-6-4-18(5-7-20)14-23-26-8-3-9-27-23/h3,8-9,15-18,20H,2,4-7,10-14H2,1H3. The molecule has 0 amide bonds. The quantitative estimate of drug-likeness (QED) is 0.571. The Morgan fingerprint density at radius 3 is 2.55 bits per heavy atom. The first-order valence-corrected chi connectivity index (χ1v) is 12.0. The Morgan fingerprint density at radius 1 is 1.06 bits per heavy atom. The molecule has 2 fully saturated rings. The Balaban J connectivity index is 1.38. The number of hydrogen-bond acceptors (Lipinski definition) is 7. The van der Waals surface area contributed by atoms with Crippen molar-refractivity contribution in [3.63, 3.8) is 0 Å². The fourth-order valence-corrected chi connectivity index (χ4v) is 4.99. The van der Waals surface area contributed by atoms with Crippen LogP contribution in [0.4, 0.5) is 5.69 Å². The van der Waals surface area contributed by atoms with Gasteiger partial charge in [0.15, 0.2) is 0 Å². The highest BCUT2D eigenvalue weighted by Gasteiger charge is 2.25. The van der Waals surface area contributed by atoms with E-state index in [1.54, 1.807) is 4.57 Å². The smallest absolute Gasteiger partial charge is 0.269 e. The summed E-state index contributed by atoms with van der Waals surface area (Å²) in [7, 11) is 0. The Hall–Kier alpha value is -3.00. The zero-order chi connectivity index (χ0) is 22.6. The Labute approximate surface area is 193 Å². The van der Waals surface area contributed by atoms with Crippen molar-refractivity contribution in [1.82, 2.24) is 19.5 Å². The molecule has 1 saturated heterocycles. The lowest BCUT2D eigenvalue weighted by molar-refractivity contribution is 0.122. The fourth-order valence-electron chi connectivity index (χ4n) is 4.99. The highest BCUT2D eigenvalue weighted by Crippen LogP contribution is 2.35. The lowest BCUT2D eigenvalue weighted by atomic mass is 9.85. The molecule has 1 aromatic carbocycles. The molecule has 1 saturated carbocycles. The molecule has 2 aromatic heterocycles. The predicted molar refractivity (Wildman–Crippen MR) is 127 cm³/mol. The van der Waals surface area contributed by atoms with Gasteiger partial charge in [0.05, 0.1) is 31.0 Å². The molecular weight excluding hydrogens is 418 g/mol. The predicted octanol–water partition coefficient (Wildman–Crippen LogP) is 3.22. The van der Waals surface area contributed by atoms with Gasteiger partial charge in [0, 0.05) is 50.2 Å². The van der Waals surface area contributed by atoms with Crippen LogP contribution in [0.25, 0.3) is 11.0 Å². The molecule has 0 atom stereocenters. The van der Waals surface area contributed by atoms with Crippen molar-refractivity contribution in [2.75, 3.05) is 31.2 Å². The van der Waals surface area contributed by atoms with Crippen molar-refractivity contribution in [3.05, 3.63) is 53.0 Å². The van der Waals surface area contributed by atoms with Crippen molar-refractivity contribution in [2.45, 2.75) is 51.7 Å². The number of morpholine rings is 1. The van der Waals surface area contributed by atoms with Gasteiger partial charge in [-0.15, -0.1) is 0 Å². The number of aromatic nitrogens is 4. The van der Waals surface area contributed by atoms with Gasteiger partial charge in [0.1, 0.15) is 17.1 Å². The Morgan fingerprint density at radius 2 is 1.82 bits per heavy atom. The van der Waals surface area contributed by atoms with Crippen LogP contribution in [0, 0.1) is 5.92 Å². The Bertz CT molecular complexity index is 1140. The van der Waals surface area contributed by atoms with Crippen molar-refractivity contribution in [3.8, 4) is 5.75 Å². The van der Waals surface area contributed by atoms with Crippen LogP contribution in [0.15, 0.2) is 41.6 Å². The minimum absolute atomic E-state index is 0.0967. The van der Waals surface area contributed by atoms with Crippen molar-refractivity contribution < 1.29 is 9.47 Å². The molecule has 2 aliphatic rings. The number of benzene rings is 1. The second-order valence-electron chi connectivity index (χ2n) is 8.88. The molecule has 3 aromatic rings. The molecule has 3 heterocycles. The van der Waals surface area contributed by atoms with E-state index < -0.39 is 0 Å². The van der Waals surface area contributed by atoms with Crippen LogP contribution in [0.5, 0.6) is 5.75 Å². The topological polar surface area (TPSA) is 82.4 Å². The SMILES string of the molecule is CCn1c(=O)cnc2cc(N3CCOCC3)cc(OC3CCC(Cc4ncccn4)CC3)c21. The summed E-state index contributed by atoms with van der Waals surface area (Å²) in [5.74, 6) is 2.26. The maximum Gasteiger partial charge on any atom is 0.269 e. The van der Waals surface area contributed by atoms with Gasteiger partial charge in [-0.1, -0.05) is 0 Å². The van der Waals surface area contributed by atoms with E-state index in [1.807, 2.05) is 25.4 Å². The third kappa shape index (κ3) is 4.85. The van der Waals surface area contributed by atoms with Crippen LogP contribution in [0.2, 0.25) is 0 Å². The van der Waals surface area contributed by atoms with E-state index in [-0.39, 0.29) is 11.7 Å². The van der Waals surface area contributed by atoms with Crippen LogP contribution in [0.3, 0.4) is 0 Å². The van der Waals surface area contributed by atoms with Gasteiger partial charge in [-0.05, 0) is 50.7 Å². The average Bonchev–Trinajstić information content (AvgIpc) is 2.86. The van der Waals surface area contributed by atoms with E-state index in [4.69, 9.17) is 9.47 Å². The van der Waals surface area contributed by atoms with Gasteiger partial charge in [-0.25, -0.2) is 15.0 Å². The first kappa shape index (κ1) is 21.8. The van der Waals surface area contributed by atoms with Crippen LogP contribution < -0.4 is 15.2 Å². The minimum atomic E-state index is -0.0967. The third-order valence-corrected chi connectivity index (χ3v) is 6.76. The molecule has 5 rings (SSSR count). The van der Waals surface area contributed by atoms with E-state index in [0.717, 1.165) is 73.5 Å². The van der Waals surface area contributed by atoms with Crippen molar-refractivity contribution in [2.24, 2.45) is 5.92 Å². The molecule has 0 unspecified atom stereocenters. The van der Waals surface area contributed by atoms with E-state index in [0.29, 0.717) is 25.7 Å². The van der Waals surface area contributed by atoms with Gasteiger partial charge in [-0.2, -0.15) is 0 Å². The van der Waals surface area contributed by atoms with E-state index in [9.17, 15) is 4.79 Å². The van der Waals surface area contributed by atoms with Crippen LogP contribution in [-0.2, 0) is 17.7 Å². The lowest BCUT2D eigenvalue weighted by Crippen LogP contribution is -2.36. The van der Waals surface area contributed by atoms with Crippen molar-refractivity contribution >= 4 is 16.7 Å². The number of ether oxygens (including phenoxy) is 2. The van der Waals surface area contributed by atoms with Gasteiger partial charge in [-0.3, -0.25) is 4.79 Å². The summed E-state index contributed by atoms with van der Waals surface area (Å²) >= 11 is 0. The summed E-state index contributed by atoms with van der Waals surface area (Å²) in [6.07, 6.45) is 10.2. The van der Waals surface area contributed by atoms with Crippen LogP contribution in [-0.4, -0.2) is 51.9 Å². The maximum absolute atomic E-state index is 12.5. The van der Waals surface area contributed by atoms with E-state index >= 15 is 0 Å². The van der Waals surface area contributed by atoms with E-state index in [1.165, 1.54) is 6.20 Å². The van der Waals surface area contributed by atoms with Gasteiger partial charge in [0.2, 0.25) is 0 Å². The number of hydrogen-bond donors (Lipinski definition) is 0. The Kier molecular flexibility index (Phi) is 6.53. The van der Waals surface area contributed by atoms with Gasteiger partial charge < -0.3 is 18.9 Å². The summed E-state index contributed by atoms with van der Waals surface area (Å²) in [4.78, 5) is 28.1. The first-order valence-electron chi connectivity index (χ1n) is 12.0. The number of fused-ring (bicyclic) bond motifs is 1. The van der Waals surface area contributed by atoms with Gasteiger partial charge >= 0.3 is 0 Å². The number of anilines is 1. The lowest BCUT2D eigenvalue weighted by Gasteiger charge is -2.31. The number of nitrogens with zero attached hydrogens (tertiary/aromatic N) is 5. The van der Waals surface area contributed by atoms with Gasteiger partial charge in [0.25, 0.3) is 5.56 Å². The molecule has 0 bridgehead atoms. The first-order chi connectivity index (χ1) is 16.2. The largest absolute Gasteiger partial charge is 0.488 e. The van der Waals surface area contributed by atoms with E-state index in [2.05, 4.69) is 32.0 Å². The molecule has 0 spiro atoms. The molecule has 1 aliphatic carbocycles. The summed E-state index contributed by atoms with van der Waals surface area (Å²) < 4.78 is 13.9. The summed E-state index contributed by atoms with van der Waals surface area (Å²) in [5, 5.41) is 0. The maximum atomic E-state index is 12.5. The highest BCUT2D eigenvalue weighted by molar-refractivity contribution is 5.86. The molecule has 1 aliphatic heterocycles. The summed E-state index contributed by atoms with van der Waals surface area (Å²) in [6, 6.07) is 6.01. The number of rotatable bonds is 6. The molecular formula is C25H31N5O3. The highest BCUT2D eigenvalue weighted by atomic mass is 16.5. The van der Waals surface area contributed by atoms with Crippen molar-refractivity contribution in [1.29, 1.82) is 0 Å². The molecule has 0 N–H and O–H groups in total. The number of aryl methyl sites for hydroxylation is 1. The van der Waals surface area contributed by atoms with Crippen LogP contribution in [0.1, 0.15) is 38.4 Å². The molecule has 174 valence electrons. The second-order valence-corrected chi connectivity index (χ2v) is 8.88. The zero-order valence-corrected chi connectivity index (χ0v) is 19.2. The minimum Gasteiger partial charge on any atom is -0.488 e. The second kappa shape index (κ2) is 9.87. The van der Waals surface area contributed by atoms with Crippen LogP contribution >= 0.6 is 0 Å². The summed E-state index contributed by atoms with van der Waals surface area (Å²) in [6.45, 7) is 5.67. The normalized spacial score (nSPS) is 21.3. The summed E-state index contributed by atoms with van der Waals surface area (Å²) in [5.41, 5.74) is 2.57. The molecule has 8 nitrogen and oxygen atoms in total. The molecule has 33 heavy (non-hydrogen) atoms. The molecule has 0 radical (unpaired) electrons. The fraction of sp³-hybridized carbons (Fsp3) is 0.520. The zero-order valence-electron chi connectivity index (χ0n) is 19.2.